The molecular weight excluding hydrogens is 258 g/mol. The molecule has 3 rings (SSSR count). The van der Waals surface area contributed by atoms with Crippen LogP contribution < -0.4 is 15.3 Å². The van der Waals surface area contributed by atoms with Gasteiger partial charge in [-0.15, -0.1) is 18.5 Å². The van der Waals surface area contributed by atoms with Crippen LogP contribution in [-0.2, 0) is 6.42 Å². The lowest BCUT2D eigenvalue weighted by Gasteiger charge is -2.26. The van der Waals surface area contributed by atoms with Crippen LogP contribution in [0.25, 0.3) is 0 Å². The number of hydrogen-bond acceptors (Lipinski definition) is 1. The standard InChI is InChI=1S/C15H16OP2/c1-8-9(2)14(17)15(18)13-11(8)7-10-5-3-4-6-12(10)16-13/h3-6H,7,17-18H2,1-2H3. The molecule has 2 aromatic carbocycles. The molecule has 1 aliphatic rings. The van der Waals surface area contributed by atoms with Crippen LogP contribution in [0.5, 0.6) is 11.5 Å². The quantitative estimate of drug-likeness (QED) is 0.573. The second-order valence-electron chi connectivity index (χ2n) is 4.77. The maximum absolute atomic E-state index is 6.09. The van der Waals surface area contributed by atoms with E-state index in [2.05, 4.69) is 44.5 Å². The summed E-state index contributed by atoms with van der Waals surface area (Å²) < 4.78 is 6.09. The molecule has 0 amide bonds. The van der Waals surface area contributed by atoms with Gasteiger partial charge in [0.15, 0.2) is 0 Å². The third-order valence-electron chi connectivity index (χ3n) is 3.78. The Morgan fingerprint density at radius 3 is 2.50 bits per heavy atom. The van der Waals surface area contributed by atoms with Crippen LogP contribution in [0.2, 0.25) is 0 Å². The molecule has 2 aromatic rings. The average Bonchev–Trinajstić information content (AvgIpc) is 2.41. The van der Waals surface area contributed by atoms with Crippen molar-refractivity contribution in [1.82, 2.24) is 0 Å². The lowest BCUT2D eigenvalue weighted by molar-refractivity contribution is 0.463. The summed E-state index contributed by atoms with van der Waals surface area (Å²) in [6.07, 6.45) is 0.963. The predicted molar refractivity (Wildman–Crippen MR) is 83.9 cm³/mol. The summed E-state index contributed by atoms with van der Waals surface area (Å²) in [5, 5.41) is 2.39. The van der Waals surface area contributed by atoms with E-state index in [1.54, 1.807) is 0 Å². The highest BCUT2D eigenvalue weighted by Gasteiger charge is 2.23. The van der Waals surface area contributed by atoms with E-state index >= 15 is 0 Å². The van der Waals surface area contributed by atoms with E-state index in [0.717, 1.165) is 23.2 Å². The van der Waals surface area contributed by atoms with Gasteiger partial charge in [0.25, 0.3) is 0 Å². The van der Waals surface area contributed by atoms with Crippen LogP contribution >= 0.6 is 18.5 Å². The number of fused-ring (bicyclic) bond motifs is 2. The molecule has 0 radical (unpaired) electrons. The van der Waals surface area contributed by atoms with Crippen molar-refractivity contribution in [2.75, 3.05) is 0 Å². The average molecular weight is 274 g/mol. The molecule has 2 unspecified atom stereocenters. The Hall–Kier alpha value is -0.900. The van der Waals surface area contributed by atoms with Gasteiger partial charge in [0.2, 0.25) is 0 Å². The summed E-state index contributed by atoms with van der Waals surface area (Å²) in [5.74, 6) is 2.01. The lowest BCUT2D eigenvalue weighted by atomic mass is 9.94. The van der Waals surface area contributed by atoms with Crippen molar-refractivity contribution in [1.29, 1.82) is 0 Å². The van der Waals surface area contributed by atoms with Crippen LogP contribution in [0.4, 0.5) is 0 Å². The van der Waals surface area contributed by atoms with E-state index in [1.807, 2.05) is 12.1 Å². The molecule has 0 spiro atoms. The highest BCUT2D eigenvalue weighted by molar-refractivity contribution is 7.36. The van der Waals surface area contributed by atoms with Gasteiger partial charge >= 0.3 is 0 Å². The Morgan fingerprint density at radius 2 is 1.72 bits per heavy atom. The zero-order chi connectivity index (χ0) is 12.9. The highest BCUT2D eigenvalue weighted by atomic mass is 31.0. The number of rotatable bonds is 0. The van der Waals surface area contributed by atoms with Crippen LogP contribution in [0.3, 0.4) is 0 Å². The number of hydrogen-bond donors (Lipinski definition) is 0. The van der Waals surface area contributed by atoms with E-state index in [1.165, 1.54) is 27.6 Å². The molecular formula is C15H16OP2. The summed E-state index contributed by atoms with van der Waals surface area (Å²) in [6.45, 7) is 4.36. The fourth-order valence-electron chi connectivity index (χ4n) is 2.46. The number of para-hydroxylation sites is 1. The van der Waals surface area contributed by atoms with Crippen LogP contribution in [0, 0.1) is 13.8 Å². The Morgan fingerprint density at radius 1 is 1.00 bits per heavy atom. The lowest BCUT2D eigenvalue weighted by Crippen LogP contribution is -2.23. The summed E-state index contributed by atoms with van der Waals surface area (Å²) in [4.78, 5) is 0. The van der Waals surface area contributed by atoms with Gasteiger partial charge in [-0.25, -0.2) is 0 Å². The maximum atomic E-state index is 6.09. The van der Waals surface area contributed by atoms with Crippen molar-refractivity contribution in [2.24, 2.45) is 0 Å². The second kappa shape index (κ2) is 4.34. The van der Waals surface area contributed by atoms with Crippen LogP contribution in [0.1, 0.15) is 22.3 Å². The van der Waals surface area contributed by atoms with Gasteiger partial charge in [-0.05, 0) is 41.9 Å². The Balaban J connectivity index is 2.25. The minimum Gasteiger partial charge on any atom is -0.456 e. The first kappa shape index (κ1) is 12.2. The van der Waals surface area contributed by atoms with Crippen molar-refractivity contribution in [3.8, 4) is 11.5 Å². The Bertz CT molecular complexity index is 591. The van der Waals surface area contributed by atoms with E-state index in [4.69, 9.17) is 4.74 Å². The van der Waals surface area contributed by atoms with Crippen molar-refractivity contribution in [3.05, 3.63) is 46.5 Å². The summed E-state index contributed by atoms with van der Waals surface area (Å²) in [5.41, 5.74) is 5.28. The normalized spacial score (nSPS) is 12.7. The minimum atomic E-state index is 0.963. The van der Waals surface area contributed by atoms with E-state index < -0.39 is 0 Å². The van der Waals surface area contributed by atoms with Gasteiger partial charge in [-0.3, -0.25) is 0 Å². The fourth-order valence-corrected chi connectivity index (χ4v) is 3.26. The van der Waals surface area contributed by atoms with Crippen LogP contribution in [-0.4, -0.2) is 0 Å². The van der Waals surface area contributed by atoms with Gasteiger partial charge in [-0.2, -0.15) is 0 Å². The van der Waals surface area contributed by atoms with Gasteiger partial charge in [0.1, 0.15) is 11.5 Å². The molecule has 0 bridgehead atoms. The van der Waals surface area contributed by atoms with Crippen LogP contribution in [0.15, 0.2) is 24.3 Å². The molecule has 0 aliphatic carbocycles. The second-order valence-corrected chi connectivity index (χ2v) is 5.93. The zero-order valence-corrected chi connectivity index (χ0v) is 12.9. The molecule has 0 saturated carbocycles. The van der Waals surface area contributed by atoms with Gasteiger partial charge in [-0.1, -0.05) is 18.2 Å². The third kappa shape index (κ3) is 1.69. The van der Waals surface area contributed by atoms with E-state index in [9.17, 15) is 0 Å². The van der Waals surface area contributed by atoms with Crippen molar-refractivity contribution < 1.29 is 4.74 Å². The smallest absolute Gasteiger partial charge is 0.138 e. The van der Waals surface area contributed by atoms with Crippen molar-refractivity contribution in [2.45, 2.75) is 20.3 Å². The summed E-state index contributed by atoms with van der Waals surface area (Å²) in [6, 6.07) is 8.28. The maximum Gasteiger partial charge on any atom is 0.138 e. The monoisotopic (exact) mass is 274 g/mol. The molecule has 3 heteroatoms. The van der Waals surface area contributed by atoms with Crippen molar-refractivity contribution in [3.63, 3.8) is 0 Å². The number of benzene rings is 2. The summed E-state index contributed by atoms with van der Waals surface area (Å²) >= 11 is 0. The molecule has 1 nitrogen and oxygen atoms in total. The van der Waals surface area contributed by atoms with Gasteiger partial charge in [0, 0.05) is 17.3 Å². The fraction of sp³-hybridized carbons (Fsp3) is 0.200. The first-order chi connectivity index (χ1) is 8.59. The molecule has 0 N–H and O–H groups in total. The minimum absolute atomic E-state index is 0.963. The van der Waals surface area contributed by atoms with E-state index in [-0.39, 0.29) is 0 Å². The molecule has 1 heterocycles. The van der Waals surface area contributed by atoms with Crippen molar-refractivity contribution >= 4 is 29.1 Å². The highest BCUT2D eigenvalue weighted by Crippen LogP contribution is 2.38. The Kier molecular flexibility index (Phi) is 2.93. The zero-order valence-electron chi connectivity index (χ0n) is 10.6. The summed E-state index contributed by atoms with van der Waals surface area (Å²) in [7, 11) is 5.64. The molecule has 2 atom stereocenters. The van der Waals surface area contributed by atoms with Gasteiger partial charge in [0.05, 0.1) is 0 Å². The topological polar surface area (TPSA) is 9.23 Å². The molecule has 18 heavy (non-hydrogen) atoms. The SMILES string of the molecule is Cc1c(C)c2c(c(P)c1P)Oc1ccccc1C2. The van der Waals surface area contributed by atoms with Gasteiger partial charge < -0.3 is 4.74 Å². The molecule has 0 saturated heterocycles. The van der Waals surface area contributed by atoms with E-state index in [0.29, 0.717) is 0 Å². The third-order valence-corrected chi connectivity index (χ3v) is 5.43. The Labute approximate surface area is 112 Å². The predicted octanol–water partition coefficient (Wildman–Crippen LogP) is 3.00. The molecule has 0 aromatic heterocycles. The molecule has 92 valence electrons. The largest absolute Gasteiger partial charge is 0.456 e. The first-order valence-electron chi connectivity index (χ1n) is 6.02. The molecule has 0 fully saturated rings. The number of ether oxygens (including phenoxy) is 1. The molecule has 1 aliphatic heterocycles. The first-order valence-corrected chi connectivity index (χ1v) is 7.17.